The van der Waals surface area contributed by atoms with Gasteiger partial charge in [-0.1, -0.05) is 79.0 Å². The summed E-state index contributed by atoms with van der Waals surface area (Å²) in [5.41, 5.74) is 0.883. The summed E-state index contributed by atoms with van der Waals surface area (Å²) in [5, 5.41) is 3.75. The van der Waals surface area contributed by atoms with Crippen molar-refractivity contribution in [3.63, 3.8) is 0 Å². The number of halogens is 3. The molecule has 3 aromatic carbocycles. The highest BCUT2D eigenvalue weighted by molar-refractivity contribution is 7.92. The molecule has 208 valence electrons. The molecule has 0 unspecified atom stereocenters. The molecule has 0 fully saturated rings. The third kappa shape index (κ3) is 8.11. The van der Waals surface area contributed by atoms with Crippen LogP contribution < -0.4 is 9.62 Å². The lowest BCUT2D eigenvalue weighted by Gasteiger charge is -2.32. The molecular formula is C28H30Cl3N3O4S. The van der Waals surface area contributed by atoms with E-state index in [0.29, 0.717) is 11.6 Å². The van der Waals surface area contributed by atoms with E-state index >= 15 is 0 Å². The molecule has 0 bridgehead atoms. The van der Waals surface area contributed by atoms with Crippen LogP contribution in [-0.4, -0.2) is 44.3 Å². The van der Waals surface area contributed by atoms with Gasteiger partial charge in [0.1, 0.15) is 12.6 Å². The first-order chi connectivity index (χ1) is 18.4. The predicted molar refractivity (Wildman–Crippen MR) is 157 cm³/mol. The van der Waals surface area contributed by atoms with Gasteiger partial charge in [0.25, 0.3) is 10.0 Å². The second-order valence-electron chi connectivity index (χ2n) is 9.39. The van der Waals surface area contributed by atoms with Gasteiger partial charge in [0.2, 0.25) is 11.8 Å². The first kappa shape index (κ1) is 30.8. The molecule has 0 radical (unpaired) electrons. The minimum atomic E-state index is -4.19. The predicted octanol–water partition coefficient (Wildman–Crippen LogP) is 6.03. The number of sulfonamides is 1. The van der Waals surface area contributed by atoms with Crippen molar-refractivity contribution in [2.45, 2.75) is 38.3 Å². The molecule has 39 heavy (non-hydrogen) atoms. The molecule has 0 aliphatic rings. The van der Waals surface area contributed by atoms with Crippen molar-refractivity contribution in [2.24, 2.45) is 5.92 Å². The lowest BCUT2D eigenvalue weighted by atomic mass is 10.1. The lowest BCUT2D eigenvalue weighted by Crippen LogP contribution is -2.51. The van der Waals surface area contributed by atoms with E-state index < -0.39 is 28.5 Å². The summed E-state index contributed by atoms with van der Waals surface area (Å²) in [6.45, 7) is 5.45. The Morgan fingerprint density at radius 2 is 1.51 bits per heavy atom. The number of nitrogens with one attached hydrogen (secondary N) is 1. The molecule has 11 heteroatoms. The molecule has 1 atom stereocenters. The topological polar surface area (TPSA) is 86.8 Å². The van der Waals surface area contributed by atoms with Gasteiger partial charge < -0.3 is 10.2 Å². The molecule has 2 amide bonds. The van der Waals surface area contributed by atoms with Crippen LogP contribution in [0.1, 0.15) is 26.3 Å². The maximum atomic E-state index is 13.9. The van der Waals surface area contributed by atoms with E-state index in [2.05, 4.69) is 5.32 Å². The van der Waals surface area contributed by atoms with E-state index in [0.717, 1.165) is 9.87 Å². The Morgan fingerprint density at radius 1 is 0.872 bits per heavy atom. The summed E-state index contributed by atoms with van der Waals surface area (Å²) in [6.07, 6.45) is 0. The lowest BCUT2D eigenvalue weighted by molar-refractivity contribution is -0.139. The van der Waals surface area contributed by atoms with Crippen molar-refractivity contribution in [1.82, 2.24) is 10.2 Å². The van der Waals surface area contributed by atoms with Crippen LogP contribution in [0.4, 0.5) is 5.69 Å². The molecule has 3 aromatic rings. The zero-order chi connectivity index (χ0) is 28.7. The number of anilines is 1. The third-order valence-electron chi connectivity index (χ3n) is 5.92. The Kier molecular flexibility index (Phi) is 10.7. The van der Waals surface area contributed by atoms with Crippen LogP contribution >= 0.6 is 34.8 Å². The second kappa shape index (κ2) is 13.5. The SMILES string of the molecule is CC(C)CNC(=O)[C@@H](C)N(Cc1ccc(Cl)cc1)C(=O)CN(c1ccc(Cl)c(Cl)c1)S(=O)(=O)c1ccccc1. The Bertz CT molecular complexity index is 1400. The van der Waals surface area contributed by atoms with Gasteiger partial charge in [-0.2, -0.15) is 0 Å². The Balaban J connectivity index is 2.02. The molecule has 0 aromatic heterocycles. The van der Waals surface area contributed by atoms with Crippen molar-refractivity contribution in [3.8, 4) is 0 Å². The fourth-order valence-corrected chi connectivity index (χ4v) is 5.56. The van der Waals surface area contributed by atoms with Crippen molar-refractivity contribution in [3.05, 3.63) is 93.4 Å². The molecule has 7 nitrogen and oxygen atoms in total. The van der Waals surface area contributed by atoms with Crippen LogP contribution in [0.5, 0.6) is 0 Å². The summed E-state index contributed by atoms with van der Waals surface area (Å²) in [7, 11) is -4.19. The minimum absolute atomic E-state index is 0.00384. The minimum Gasteiger partial charge on any atom is -0.354 e. The van der Waals surface area contributed by atoms with Gasteiger partial charge in [-0.05, 0) is 60.9 Å². The first-order valence-electron chi connectivity index (χ1n) is 12.2. The fraction of sp³-hybridized carbons (Fsp3) is 0.286. The highest BCUT2D eigenvalue weighted by atomic mass is 35.5. The average molecular weight is 611 g/mol. The molecule has 3 rings (SSSR count). The second-order valence-corrected chi connectivity index (χ2v) is 12.5. The Labute approximate surface area is 244 Å². The van der Waals surface area contributed by atoms with Crippen LogP contribution in [0.3, 0.4) is 0 Å². The van der Waals surface area contributed by atoms with E-state index in [9.17, 15) is 18.0 Å². The maximum Gasteiger partial charge on any atom is 0.264 e. The van der Waals surface area contributed by atoms with Gasteiger partial charge in [-0.25, -0.2) is 8.42 Å². The summed E-state index contributed by atoms with van der Waals surface area (Å²) in [5.74, 6) is -0.719. The molecule has 0 saturated carbocycles. The largest absolute Gasteiger partial charge is 0.354 e. The third-order valence-corrected chi connectivity index (χ3v) is 8.70. The van der Waals surface area contributed by atoms with Crippen LogP contribution in [0.15, 0.2) is 77.7 Å². The van der Waals surface area contributed by atoms with Gasteiger partial charge in [0, 0.05) is 18.1 Å². The van der Waals surface area contributed by atoms with Crippen molar-refractivity contribution in [2.75, 3.05) is 17.4 Å². The number of hydrogen-bond acceptors (Lipinski definition) is 4. The summed E-state index contributed by atoms with van der Waals surface area (Å²) >= 11 is 18.3. The standard InChI is InChI=1S/C28H30Cl3N3O4S/c1-19(2)16-32-28(36)20(3)33(17-21-9-11-22(29)12-10-21)27(35)18-34(23-13-14-25(30)26(31)15-23)39(37,38)24-7-5-4-6-8-24/h4-15,19-20H,16-18H2,1-3H3,(H,32,36)/t20-/m1/s1. The number of carbonyl (C=O) groups is 2. The summed E-state index contributed by atoms with van der Waals surface area (Å²) in [4.78, 5) is 28.2. The average Bonchev–Trinajstić information content (AvgIpc) is 2.91. The first-order valence-corrected chi connectivity index (χ1v) is 14.8. The molecule has 0 aliphatic heterocycles. The molecule has 1 N–H and O–H groups in total. The van der Waals surface area contributed by atoms with Crippen LogP contribution in [0.25, 0.3) is 0 Å². The Hall–Kier alpha value is -2.78. The highest BCUT2D eigenvalue weighted by Gasteiger charge is 2.32. The highest BCUT2D eigenvalue weighted by Crippen LogP contribution is 2.31. The number of carbonyl (C=O) groups excluding carboxylic acids is 2. The molecule has 0 heterocycles. The number of rotatable bonds is 11. The Morgan fingerprint density at radius 3 is 2.10 bits per heavy atom. The smallest absolute Gasteiger partial charge is 0.264 e. The maximum absolute atomic E-state index is 13.9. The van der Waals surface area contributed by atoms with Gasteiger partial charge in [-0.3, -0.25) is 13.9 Å². The van der Waals surface area contributed by atoms with E-state index in [1.807, 2.05) is 13.8 Å². The summed E-state index contributed by atoms with van der Waals surface area (Å²) < 4.78 is 28.5. The number of amides is 2. The molecular weight excluding hydrogens is 581 g/mol. The number of nitrogens with zero attached hydrogens (tertiary/aromatic N) is 2. The van der Waals surface area contributed by atoms with Gasteiger partial charge in [0.05, 0.1) is 20.6 Å². The zero-order valence-electron chi connectivity index (χ0n) is 21.8. The van der Waals surface area contributed by atoms with Crippen molar-refractivity contribution >= 4 is 62.3 Å². The van der Waals surface area contributed by atoms with E-state index in [1.54, 1.807) is 49.4 Å². The molecule has 0 aliphatic carbocycles. The number of benzene rings is 3. The quantitative estimate of drug-likeness (QED) is 0.287. The molecule has 0 spiro atoms. The van der Waals surface area contributed by atoms with Crippen LogP contribution in [0, 0.1) is 5.92 Å². The fourth-order valence-electron chi connectivity index (χ4n) is 3.71. The number of hydrogen-bond donors (Lipinski definition) is 1. The van der Waals surface area contributed by atoms with Gasteiger partial charge in [0.15, 0.2) is 0 Å². The van der Waals surface area contributed by atoms with Crippen LogP contribution in [0.2, 0.25) is 15.1 Å². The normalized spacial score (nSPS) is 12.2. The zero-order valence-corrected chi connectivity index (χ0v) is 24.9. The van der Waals surface area contributed by atoms with Crippen molar-refractivity contribution in [1.29, 1.82) is 0 Å². The van der Waals surface area contributed by atoms with E-state index in [1.165, 1.54) is 35.2 Å². The van der Waals surface area contributed by atoms with E-state index in [4.69, 9.17) is 34.8 Å². The summed E-state index contributed by atoms with van der Waals surface area (Å²) in [6, 6.07) is 18.1. The van der Waals surface area contributed by atoms with Gasteiger partial charge >= 0.3 is 0 Å². The van der Waals surface area contributed by atoms with Gasteiger partial charge in [-0.15, -0.1) is 0 Å². The van der Waals surface area contributed by atoms with Crippen molar-refractivity contribution < 1.29 is 18.0 Å². The monoisotopic (exact) mass is 609 g/mol. The van der Waals surface area contributed by atoms with Crippen LogP contribution in [-0.2, 0) is 26.2 Å². The van der Waals surface area contributed by atoms with E-state index in [-0.39, 0.29) is 39.0 Å². The molecule has 0 saturated heterocycles.